The van der Waals surface area contributed by atoms with Crippen LogP contribution in [-0.4, -0.2) is 42.1 Å². The van der Waals surface area contributed by atoms with Gasteiger partial charge in [0, 0.05) is 37.0 Å². The Hall–Kier alpha value is -4.27. The fourth-order valence-corrected chi connectivity index (χ4v) is 3.59. The van der Waals surface area contributed by atoms with Gasteiger partial charge in [0.1, 0.15) is 11.9 Å². The predicted octanol–water partition coefficient (Wildman–Crippen LogP) is 3.28. The highest BCUT2D eigenvalue weighted by Crippen LogP contribution is 2.29. The number of carbonyl (C=O) groups excluding carboxylic acids is 3. The van der Waals surface area contributed by atoms with Crippen LogP contribution >= 0.6 is 0 Å². The van der Waals surface area contributed by atoms with Gasteiger partial charge in [-0.2, -0.15) is 0 Å². The van der Waals surface area contributed by atoms with Crippen molar-refractivity contribution in [3.05, 3.63) is 83.9 Å². The van der Waals surface area contributed by atoms with Crippen LogP contribution in [0.2, 0.25) is 0 Å². The number of amides is 3. The summed E-state index contributed by atoms with van der Waals surface area (Å²) in [6, 6.07) is 15.0. The number of benzene rings is 2. The highest BCUT2D eigenvalue weighted by molar-refractivity contribution is 5.94. The van der Waals surface area contributed by atoms with Gasteiger partial charge in [0.2, 0.25) is 5.91 Å². The maximum Gasteiger partial charge on any atom is 0.414 e. The van der Waals surface area contributed by atoms with Crippen molar-refractivity contribution in [3.63, 3.8) is 0 Å². The van der Waals surface area contributed by atoms with Crippen molar-refractivity contribution in [1.29, 1.82) is 0 Å². The fourth-order valence-electron chi connectivity index (χ4n) is 3.59. The van der Waals surface area contributed by atoms with E-state index in [4.69, 9.17) is 4.74 Å². The lowest BCUT2D eigenvalue weighted by molar-refractivity contribution is -0.119. The molecule has 0 unspecified atom stereocenters. The quantitative estimate of drug-likeness (QED) is 0.561. The molecule has 8 nitrogen and oxygen atoms in total. The molecule has 3 amide bonds. The van der Waals surface area contributed by atoms with Crippen LogP contribution in [0.5, 0.6) is 0 Å². The molecule has 2 aromatic carbocycles. The van der Waals surface area contributed by atoms with E-state index < -0.39 is 18.0 Å². The van der Waals surface area contributed by atoms with E-state index >= 15 is 0 Å². The number of cyclic esters (lactones) is 1. The first-order chi connectivity index (χ1) is 16.4. The molecule has 174 valence electrons. The van der Waals surface area contributed by atoms with E-state index in [0.717, 1.165) is 5.56 Å². The maximum absolute atomic E-state index is 14.9. The van der Waals surface area contributed by atoms with Crippen LogP contribution in [0.3, 0.4) is 0 Å². The van der Waals surface area contributed by atoms with E-state index in [1.54, 1.807) is 48.8 Å². The van der Waals surface area contributed by atoms with Crippen LogP contribution in [0.25, 0.3) is 11.1 Å². The second kappa shape index (κ2) is 10.1. The Kier molecular flexibility index (Phi) is 6.82. The van der Waals surface area contributed by atoms with Crippen molar-refractivity contribution < 1.29 is 23.5 Å². The van der Waals surface area contributed by atoms with E-state index in [9.17, 15) is 18.8 Å². The van der Waals surface area contributed by atoms with Gasteiger partial charge in [0.25, 0.3) is 5.91 Å². The van der Waals surface area contributed by atoms with Gasteiger partial charge in [0.05, 0.1) is 18.8 Å². The lowest BCUT2D eigenvalue weighted by atomic mass is 10.0. The van der Waals surface area contributed by atoms with E-state index in [2.05, 4.69) is 15.6 Å². The zero-order chi connectivity index (χ0) is 24.1. The SMILES string of the molecule is CC(=O)NC[C@H]1CN(c2ccc(-c3ccc(CNC(=O)c4ccncc4)cc3)c(F)c2)C(=O)O1. The standard InChI is InChI=1S/C25H23FN4O4/c1-16(31)28-14-21-15-30(25(33)34-21)20-6-7-22(23(26)12-20)18-4-2-17(3-5-18)13-29-24(32)19-8-10-27-11-9-19/h2-12,21H,13-15H2,1H3,(H,28,31)(H,29,32)/t21-/m0/s1. The molecule has 0 spiro atoms. The highest BCUT2D eigenvalue weighted by Gasteiger charge is 2.32. The molecule has 4 rings (SSSR count). The van der Waals surface area contributed by atoms with Gasteiger partial charge in [-0.25, -0.2) is 9.18 Å². The average molecular weight is 462 g/mol. The molecule has 1 fully saturated rings. The van der Waals surface area contributed by atoms with Crippen LogP contribution in [0, 0.1) is 5.82 Å². The van der Waals surface area contributed by atoms with E-state index in [0.29, 0.717) is 28.9 Å². The van der Waals surface area contributed by atoms with Crippen LogP contribution in [0.15, 0.2) is 67.0 Å². The molecule has 2 N–H and O–H groups in total. The lowest BCUT2D eigenvalue weighted by Gasteiger charge is -2.15. The van der Waals surface area contributed by atoms with Crippen molar-refractivity contribution in [3.8, 4) is 11.1 Å². The third-order valence-electron chi connectivity index (χ3n) is 5.38. The summed E-state index contributed by atoms with van der Waals surface area (Å²) in [6.45, 7) is 2.14. The summed E-state index contributed by atoms with van der Waals surface area (Å²) in [5, 5.41) is 5.44. The van der Waals surface area contributed by atoms with Crippen molar-refractivity contribution >= 4 is 23.6 Å². The average Bonchev–Trinajstić information content (AvgIpc) is 3.22. The number of hydrogen-bond acceptors (Lipinski definition) is 5. The third kappa shape index (κ3) is 5.37. The van der Waals surface area contributed by atoms with Crippen molar-refractivity contribution in [2.24, 2.45) is 0 Å². The Morgan fingerprint density at radius 1 is 1.09 bits per heavy atom. The summed E-state index contributed by atoms with van der Waals surface area (Å²) in [4.78, 5) is 40.6. The molecule has 1 saturated heterocycles. The summed E-state index contributed by atoms with van der Waals surface area (Å²) in [7, 11) is 0. The minimum atomic E-state index is -0.583. The number of pyridine rings is 1. The summed E-state index contributed by atoms with van der Waals surface area (Å²) in [5.41, 5.74) is 2.83. The number of rotatable bonds is 7. The minimum absolute atomic E-state index is 0.201. The molecule has 3 aromatic rings. The maximum atomic E-state index is 14.9. The van der Waals surface area contributed by atoms with Gasteiger partial charge in [0.15, 0.2) is 0 Å². The topological polar surface area (TPSA) is 101 Å². The van der Waals surface area contributed by atoms with Gasteiger partial charge in [-0.15, -0.1) is 0 Å². The molecule has 0 saturated carbocycles. The van der Waals surface area contributed by atoms with Crippen LogP contribution < -0.4 is 15.5 Å². The van der Waals surface area contributed by atoms with Gasteiger partial charge >= 0.3 is 6.09 Å². The van der Waals surface area contributed by atoms with Gasteiger partial charge in [-0.1, -0.05) is 24.3 Å². The second-order valence-electron chi connectivity index (χ2n) is 7.83. The van der Waals surface area contributed by atoms with E-state index in [-0.39, 0.29) is 24.9 Å². The number of anilines is 1. The number of halogens is 1. The zero-order valence-corrected chi connectivity index (χ0v) is 18.5. The molecule has 9 heteroatoms. The number of nitrogens with one attached hydrogen (secondary N) is 2. The Morgan fingerprint density at radius 3 is 2.50 bits per heavy atom. The van der Waals surface area contributed by atoms with Crippen LogP contribution in [-0.2, 0) is 16.1 Å². The molecule has 0 radical (unpaired) electrons. The normalized spacial score (nSPS) is 15.1. The molecule has 0 aliphatic carbocycles. The van der Waals surface area contributed by atoms with Crippen molar-refractivity contribution in [1.82, 2.24) is 15.6 Å². The molecular formula is C25H23FN4O4. The molecular weight excluding hydrogens is 439 g/mol. The van der Waals surface area contributed by atoms with Crippen molar-refractivity contribution in [2.75, 3.05) is 18.0 Å². The Bertz CT molecular complexity index is 1200. The Morgan fingerprint density at radius 2 is 1.82 bits per heavy atom. The number of ether oxygens (including phenoxy) is 1. The molecule has 2 heterocycles. The first-order valence-electron chi connectivity index (χ1n) is 10.7. The molecule has 34 heavy (non-hydrogen) atoms. The van der Waals surface area contributed by atoms with Crippen molar-refractivity contribution in [2.45, 2.75) is 19.6 Å². The lowest BCUT2D eigenvalue weighted by Crippen LogP contribution is -2.33. The molecule has 1 atom stereocenters. The second-order valence-corrected chi connectivity index (χ2v) is 7.83. The summed E-state index contributed by atoms with van der Waals surface area (Å²) < 4.78 is 20.1. The smallest absolute Gasteiger partial charge is 0.414 e. The predicted molar refractivity (Wildman–Crippen MR) is 124 cm³/mol. The monoisotopic (exact) mass is 462 g/mol. The largest absolute Gasteiger partial charge is 0.442 e. The summed E-state index contributed by atoms with van der Waals surface area (Å²) in [5.74, 6) is -0.894. The molecule has 1 aliphatic heterocycles. The Labute approximate surface area is 195 Å². The highest BCUT2D eigenvalue weighted by atomic mass is 19.1. The van der Waals surface area contributed by atoms with Gasteiger partial charge in [-0.05, 0) is 41.5 Å². The van der Waals surface area contributed by atoms with E-state index in [1.807, 2.05) is 12.1 Å². The number of carbonyl (C=O) groups is 3. The van der Waals surface area contributed by atoms with Gasteiger partial charge < -0.3 is 15.4 Å². The van der Waals surface area contributed by atoms with E-state index in [1.165, 1.54) is 17.9 Å². The fraction of sp³-hybridized carbons (Fsp3) is 0.200. The van der Waals surface area contributed by atoms with Gasteiger partial charge in [-0.3, -0.25) is 19.5 Å². The van der Waals surface area contributed by atoms with Crippen LogP contribution in [0.4, 0.5) is 14.9 Å². The molecule has 1 aromatic heterocycles. The number of aromatic nitrogens is 1. The molecule has 0 bridgehead atoms. The summed E-state index contributed by atoms with van der Waals surface area (Å²) >= 11 is 0. The minimum Gasteiger partial charge on any atom is -0.442 e. The Balaban J connectivity index is 1.39. The van der Waals surface area contributed by atoms with Crippen LogP contribution in [0.1, 0.15) is 22.8 Å². The molecule has 1 aliphatic rings. The number of nitrogens with zero attached hydrogens (tertiary/aromatic N) is 2. The third-order valence-corrected chi connectivity index (χ3v) is 5.38. The first-order valence-corrected chi connectivity index (χ1v) is 10.7. The number of hydrogen-bond donors (Lipinski definition) is 2. The summed E-state index contributed by atoms with van der Waals surface area (Å²) in [6.07, 6.45) is 2.03. The first kappa shape index (κ1) is 22.9. The zero-order valence-electron chi connectivity index (χ0n) is 18.5.